The van der Waals surface area contributed by atoms with Crippen molar-refractivity contribution in [3.63, 3.8) is 0 Å². The third kappa shape index (κ3) is 5.05. The molecule has 7 nitrogen and oxygen atoms in total. The minimum atomic E-state index is -0.494. The summed E-state index contributed by atoms with van der Waals surface area (Å²) in [5, 5.41) is 4.67. The fourth-order valence-corrected chi connectivity index (χ4v) is 3.53. The highest BCUT2D eigenvalue weighted by Crippen LogP contribution is 2.42. The molecule has 0 radical (unpaired) electrons. The first-order valence-electron chi connectivity index (χ1n) is 8.71. The number of hydrogen-bond donors (Lipinski definition) is 1. The van der Waals surface area contributed by atoms with Crippen LogP contribution in [0.25, 0.3) is 11.1 Å². The molecule has 0 saturated heterocycles. The molecule has 0 saturated carbocycles. The molecule has 0 fully saturated rings. The quantitative estimate of drug-likeness (QED) is 0.493. The lowest BCUT2D eigenvalue weighted by Gasteiger charge is -2.14. The molecule has 0 aliphatic carbocycles. The van der Waals surface area contributed by atoms with E-state index < -0.39 is 11.9 Å². The van der Waals surface area contributed by atoms with Gasteiger partial charge in [0, 0.05) is 30.5 Å². The van der Waals surface area contributed by atoms with E-state index in [0.29, 0.717) is 16.8 Å². The average molecular weight is 410 g/mol. The molecule has 8 heteroatoms. The molecule has 0 aliphatic heterocycles. The summed E-state index contributed by atoms with van der Waals surface area (Å²) in [4.78, 5) is 40.2. The van der Waals surface area contributed by atoms with Crippen molar-refractivity contribution < 1.29 is 23.9 Å². The standard InChI is InChI=1S/C21H18N2O5S/c1-13(24)27-17-7-5-8-18(28-14(2)25)20(17)15-9-11-29-19(15)12-23-21(26)16-6-3-4-10-22-16/h3-11H,12H2,1-2H3,(H,23,26). The second-order valence-electron chi connectivity index (χ2n) is 5.97. The predicted molar refractivity (Wildman–Crippen MR) is 108 cm³/mol. The maximum atomic E-state index is 12.3. The highest BCUT2D eigenvalue weighted by Gasteiger charge is 2.20. The van der Waals surface area contributed by atoms with Crippen LogP contribution in [-0.2, 0) is 16.1 Å². The molecule has 3 aromatic rings. The Hall–Kier alpha value is -3.52. The Kier molecular flexibility index (Phi) is 6.36. The van der Waals surface area contributed by atoms with Gasteiger partial charge in [-0.05, 0) is 35.7 Å². The van der Waals surface area contributed by atoms with Crippen molar-refractivity contribution in [2.45, 2.75) is 20.4 Å². The van der Waals surface area contributed by atoms with Gasteiger partial charge in [0.05, 0.1) is 12.1 Å². The molecule has 2 aromatic heterocycles. The van der Waals surface area contributed by atoms with Crippen molar-refractivity contribution in [3.8, 4) is 22.6 Å². The molecular weight excluding hydrogens is 392 g/mol. The van der Waals surface area contributed by atoms with Gasteiger partial charge in [0.15, 0.2) is 0 Å². The van der Waals surface area contributed by atoms with Crippen molar-refractivity contribution in [1.82, 2.24) is 10.3 Å². The van der Waals surface area contributed by atoms with Crippen LogP contribution < -0.4 is 14.8 Å². The van der Waals surface area contributed by atoms with Crippen LogP contribution in [0.2, 0.25) is 0 Å². The number of pyridine rings is 1. The first-order chi connectivity index (χ1) is 14.0. The fraction of sp³-hybridized carbons (Fsp3) is 0.143. The van der Waals surface area contributed by atoms with Crippen LogP contribution in [0.1, 0.15) is 29.2 Å². The summed E-state index contributed by atoms with van der Waals surface area (Å²) in [5.74, 6) is -0.754. The van der Waals surface area contributed by atoms with Gasteiger partial charge in [-0.3, -0.25) is 19.4 Å². The third-order valence-corrected chi connectivity index (χ3v) is 4.74. The molecule has 0 aliphatic rings. The lowest BCUT2D eigenvalue weighted by Crippen LogP contribution is -2.23. The number of rotatable bonds is 6. The zero-order valence-corrected chi connectivity index (χ0v) is 16.6. The fourth-order valence-electron chi connectivity index (χ4n) is 2.70. The summed E-state index contributed by atoms with van der Waals surface area (Å²) in [7, 11) is 0. The summed E-state index contributed by atoms with van der Waals surface area (Å²) < 4.78 is 10.6. The summed E-state index contributed by atoms with van der Waals surface area (Å²) in [6.45, 7) is 2.82. The number of aromatic nitrogens is 1. The first-order valence-corrected chi connectivity index (χ1v) is 9.59. The Balaban J connectivity index is 1.93. The molecule has 148 valence electrons. The molecule has 0 spiro atoms. The Bertz CT molecular complexity index is 1010. The monoisotopic (exact) mass is 410 g/mol. The number of benzene rings is 1. The molecule has 0 bridgehead atoms. The number of thiophene rings is 1. The molecule has 0 atom stereocenters. The normalized spacial score (nSPS) is 10.3. The zero-order valence-electron chi connectivity index (χ0n) is 15.8. The number of hydrogen-bond acceptors (Lipinski definition) is 7. The first kappa shape index (κ1) is 20.2. The van der Waals surface area contributed by atoms with Crippen molar-refractivity contribution in [2.24, 2.45) is 0 Å². The van der Waals surface area contributed by atoms with E-state index in [2.05, 4.69) is 10.3 Å². The highest BCUT2D eigenvalue weighted by atomic mass is 32.1. The van der Waals surface area contributed by atoms with E-state index in [1.807, 2.05) is 11.4 Å². The van der Waals surface area contributed by atoms with Crippen molar-refractivity contribution in [1.29, 1.82) is 0 Å². The predicted octanol–water partition coefficient (Wildman–Crippen LogP) is 3.59. The average Bonchev–Trinajstić information content (AvgIpc) is 3.14. The van der Waals surface area contributed by atoms with Crippen LogP contribution in [0, 0.1) is 0 Å². The van der Waals surface area contributed by atoms with Gasteiger partial charge < -0.3 is 14.8 Å². The largest absolute Gasteiger partial charge is 0.426 e. The van der Waals surface area contributed by atoms with Crippen molar-refractivity contribution in [2.75, 3.05) is 0 Å². The van der Waals surface area contributed by atoms with E-state index in [4.69, 9.17) is 9.47 Å². The van der Waals surface area contributed by atoms with E-state index in [0.717, 1.165) is 4.88 Å². The Morgan fingerprint density at radius 1 is 0.966 bits per heavy atom. The van der Waals surface area contributed by atoms with Crippen LogP contribution >= 0.6 is 11.3 Å². The lowest BCUT2D eigenvalue weighted by atomic mass is 10.0. The molecule has 0 unspecified atom stereocenters. The maximum Gasteiger partial charge on any atom is 0.308 e. The maximum absolute atomic E-state index is 12.3. The van der Waals surface area contributed by atoms with Gasteiger partial charge in [0.1, 0.15) is 17.2 Å². The van der Waals surface area contributed by atoms with Crippen LogP contribution in [-0.4, -0.2) is 22.8 Å². The van der Waals surface area contributed by atoms with Gasteiger partial charge in [-0.2, -0.15) is 0 Å². The van der Waals surface area contributed by atoms with Crippen LogP contribution in [0.5, 0.6) is 11.5 Å². The summed E-state index contributed by atoms with van der Waals surface area (Å²) in [5.41, 5.74) is 1.48. The van der Waals surface area contributed by atoms with Gasteiger partial charge in [-0.1, -0.05) is 12.1 Å². The molecular formula is C21H18N2O5S. The smallest absolute Gasteiger partial charge is 0.308 e. The second-order valence-corrected chi connectivity index (χ2v) is 6.97. The second kappa shape index (κ2) is 9.11. The number of nitrogens with one attached hydrogen (secondary N) is 1. The Labute approximate surface area is 171 Å². The zero-order chi connectivity index (χ0) is 20.8. The molecule has 2 heterocycles. The van der Waals surface area contributed by atoms with Gasteiger partial charge in [0.25, 0.3) is 5.91 Å². The van der Waals surface area contributed by atoms with E-state index in [1.165, 1.54) is 25.2 Å². The minimum absolute atomic E-state index is 0.232. The van der Waals surface area contributed by atoms with E-state index in [1.54, 1.807) is 42.6 Å². The Morgan fingerprint density at radius 3 is 2.24 bits per heavy atom. The number of ether oxygens (including phenoxy) is 2. The third-order valence-electron chi connectivity index (χ3n) is 3.82. The summed E-state index contributed by atoms with van der Waals surface area (Å²) in [6.07, 6.45) is 1.55. The Morgan fingerprint density at radius 2 is 1.66 bits per heavy atom. The molecule has 1 N–H and O–H groups in total. The topological polar surface area (TPSA) is 94.6 Å². The molecule has 29 heavy (non-hydrogen) atoms. The minimum Gasteiger partial charge on any atom is -0.426 e. The van der Waals surface area contributed by atoms with Crippen LogP contribution in [0.15, 0.2) is 54.0 Å². The number of amides is 1. The van der Waals surface area contributed by atoms with Crippen molar-refractivity contribution in [3.05, 3.63) is 64.6 Å². The number of nitrogens with zero attached hydrogens (tertiary/aromatic N) is 1. The molecule has 1 aromatic carbocycles. The van der Waals surface area contributed by atoms with E-state index in [-0.39, 0.29) is 24.0 Å². The lowest BCUT2D eigenvalue weighted by molar-refractivity contribution is -0.132. The van der Waals surface area contributed by atoms with Crippen molar-refractivity contribution >= 4 is 29.2 Å². The van der Waals surface area contributed by atoms with Crippen LogP contribution in [0.4, 0.5) is 0 Å². The SMILES string of the molecule is CC(=O)Oc1cccc(OC(C)=O)c1-c1ccsc1CNC(=O)c1ccccn1. The van der Waals surface area contributed by atoms with Gasteiger partial charge in [0.2, 0.25) is 0 Å². The number of carbonyl (C=O) groups is 3. The van der Waals surface area contributed by atoms with E-state index >= 15 is 0 Å². The number of carbonyl (C=O) groups excluding carboxylic acids is 3. The van der Waals surface area contributed by atoms with Gasteiger partial charge in [-0.15, -0.1) is 11.3 Å². The summed E-state index contributed by atoms with van der Waals surface area (Å²) in [6, 6.07) is 11.8. The summed E-state index contributed by atoms with van der Waals surface area (Å²) >= 11 is 1.42. The van der Waals surface area contributed by atoms with Crippen LogP contribution in [0.3, 0.4) is 0 Å². The number of esters is 2. The van der Waals surface area contributed by atoms with Gasteiger partial charge in [-0.25, -0.2) is 0 Å². The molecule has 1 amide bonds. The molecule has 3 rings (SSSR count). The highest BCUT2D eigenvalue weighted by molar-refractivity contribution is 7.10. The van der Waals surface area contributed by atoms with Gasteiger partial charge >= 0.3 is 11.9 Å². The van der Waals surface area contributed by atoms with E-state index in [9.17, 15) is 14.4 Å².